The molecule has 0 bridgehead atoms. The number of aliphatic imine (C=N–C) groups is 2. The zero-order chi connectivity index (χ0) is 49.3. The summed E-state index contributed by atoms with van der Waals surface area (Å²) in [6.45, 7) is 1.03. The molecular weight excluding hydrogens is 876 g/mol. The Labute approximate surface area is 381 Å². The van der Waals surface area contributed by atoms with Crippen molar-refractivity contribution in [3.05, 3.63) is 23.7 Å². The van der Waals surface area contributed by atoms with Crippen LogP contribution in [0.2, 0.25) is 0 Å². The van der Waals surface area contributed by atoms with Gasteiger partial charge in [-0.2, -0.15) is 0 Å². The summed E-state index contributed by atoms with van der Waals surface area (Å²) >= 11 is 0. The normalized spacial score (nSPS) is 21.8. The fraction of sp³-hybridized carbons (Fsp3) is 0.700. The molecule has 374 valence electrons. The third-order valence-corrected chi connectivity index (χ3v) is 10.3. The van der Waals surface area contributed by atoms with Crippen molar-refractivity contribution in [2.75, 3.05) is 26.3 Å². The Morgan fingerprint density at radius 3 is 1.15 bits per heavy atom. The van der Waals surface area contributed by atoms with Crippen LogP contribution in [0.4, 0.5) is 9.59 Å². The van der Waals surface area contributed by atoms with E-state index in [2.05, 4.69) is 31.3 Å². The van der Waals surface area contributed by atoms with Gasteiger partial charge in [-0.3, -0.25) is 9.59 Å². The zero-order valence-electron chi connectivity index (χ0n) is 37.2. The summed E-state index contributed by atoms with van der Waals surface area (Å²) in [5.41, 5.74) is 22.0. The van der Waals surface area contributed by atoms with Gasteiger partial charge in [0.2, 0.25) is 23.3 Å². The van der Waals surface area contributed by atoms with Gasteiger partial charge in [0.1, 0.15) is 12.2 Å². The van der Waals surface area contributed by atoms with Crippen LogP contribution < -0.4 is 44.2 Å². The van der Waals surface area contributed by atoms with E-state index in [0.29, 0.717) is 12.8 Å². The number of hydrogen-bond acceptors (Lipinski definition) is 16. The van der Waals surface area contributed by atoms with Gasteiger partial charge in [-0.15, -0.1) is 0 Å². The minimum absolute atomic E-state index is 0.230. The van der Waals surface area contributed by atoms with E-state index in [4.69, 9.17) is 41.9 Å². The van der Waals surface area contributed by atoms with E-state index in [1.165, 1.54) is 13.8 Å². The molecule has 18 N–H and O–H groups in total. The number of carbonyl (C=O) groups excluding carboxylic acids is 4. The average molecular weight is 945 g/mol. The van der Waals surface area contributed by atoms with Crippen molar-refractivity contribution >= 4 is 47.9 Å². The van der Waals surface area contributed by atoms with Crippen LogP contribution in [-0.2, 0) is 38.1 Å². The van der Waals surface area contributed by atoms with E-state index >= 15 is 0 Å². The highest BCUT2D eigenvalue weighted by Gasteiger charge is 2.48. The van der Waals surface area contributed by atoms with Crippen molar-refractivity contribution in [1.82, 2.24) is 21.3 Å². The smallest absolute Gasteiger partial charge is 0.407 e. The number of aliphatic hydroxyl groups is 4. The Bertz CT molecular complexity index is 1600. The Morgan fingerprint density at radius 1 is 0.591 bits per heavy atom. The van der Waals surface area contributed by atoms with Crippen molar-refractivity contribution in [1.29, 1.82) is 0 Å². The number of carboxylic acids is 2. The molecule has 0 spiro atoms. The molecule has 0 aliphatic carbocycles. The predicted octanol–water partition coefficient (Wildman–Crippen LogP) is -2.41. The van der Waals surface area contributed by atoms with Crippen molar-refractivity contribution < 1.29 is 78.4 Å². The first-order valence-corrected chi connectivity index (χ1v) is 21.7. The van der Waals surface area contributed by atoms with Crippen molar-refractivity contribution in [3.63, 3.8) is 0 Å². The number of nitrogens with one attached hydrogen (secondary N) is 4. The first-order chi connectivity index (χ1) is 31.3. The third kappa shape index (κ3) is 20.0. The summed E-state index contributed by atoms with van der Waals surface area (Å²) in [5, 5.41) is 69.9. The molecule has 2 aliphatic rings. The molecule has 0 radical (unpaired) electrons. The maximum atomic E-state index is 12.7. The van der Waals surface area contributed by atoms with Crippen LogP contribution in [0.5, 0.6) is 0 Å². The summed E-state index contributed by atoms with van der Waals surface area (Å²) in [5.74, 6) is -6.27. The number of hydrogen-bond donors (Lipinski definition) is 14. The molecule has 4 amide bonds. The molecule has 10 atom stereocenters. The highest BCUT2D eigenvalue weighted by molar-refractivity contribution is 5.86. The number of carboxylic acid groups (broad SMARTS) is 2. The molecule has 0 aromatic rings. The first kappa shape index (κ1) is 56.0. The van der Waals surface area contributed by atoms with E-state index in [-0.39, 0.29) is 13.1 Å². The Hall–Kier alpha value is -6.12. The van der Waals surface area contributed by atoms with Gasteiger partial charge in [-0.25, -0.2) is 29.2 Å². The fourth-order valence-corrected chi connectivity index (χ4v) is 7.26. The molecule has 0 aromatic heterocycles. The molecule has 26 nitrogen and oxygen atoms in total. The van der Waals surface area contributed by atoms with Gasteiger partial charge in [0.05, 0.1) is 37.4 Å². The number of nitrogens with zero attached hydrogens (tertiary/aromatic N) is 2. The number of nitrogens with two attached hydrogens (primary N) is 4. The maximum absolute atomic E-state index is 12.7. The van der Waals surface area contributed by atoms with Crippen LogP contribution in [0, 0.1) is 0 Å². The van der Waals surface area contributed by atoms with Gasteiger partial charge >= 0.3 is 24.1 Å². The lowest BCUT2D eigenvalue weighted by atomic mass is 9.92. The molecule has 66 heavy (non-hydrogen) atoms. The number of alkyl carbamates (subject to hydrolysis) is 2. The molecule has 2 rings (SSSR count). The highest BCUT2D eigenvalue weighted by Crippen LogP contribution is 2.28. The van der Waals surface area contributed by atoms with Gasteiger partial charge < -0.3 is 93.8 Å². The number of aliphatic carboxylic acids is 2. The van der Waals surface area contributed by atoms with E-state index < -0.39 is 133 Å². The van der Waals surface area contributed by atoms with Gasteiger partial charge in [0.15, 0.2) is 36.3 Å². The number of guanidine groups is 2. The Morgan fingerprint density at radius 2 is 0.894 bits per heavy atom. The number of ether oxygens (including phenoxy) is 4. The predicted molar refractivity (Wildman–Crippen MR) is 234 cm³/mol. The molecule has 0 unspecified atom stereocenters. The second-order valence-electron chi connectivity index (χ2n) is 15.7. The maximum Gasteiger partial charge on any atom is 0.407 e. The lowest BCUT2D eigenvalue weighted by Crippen LogP contribution is -2.61. The van der Waals surface area contributed by atoms with Crippen LogP contribution in [0.15, 0.2) is 33.7 Å². The van der Waals surface area contributed by atoms with Crippen LogP contribution in [-0.4, -0.2) is 166 Å². The second-order valence-corrected chi connectivity index (χ2v) is 15.7. The van der Waals surface area contributed by atoms with Crippen LogP contribution >= 0.6 is 0 Å². The summed E-state index contributed by atoms with van der Waals surface area (Å²) in [6, 6.07) is -4.73. The van der Waals surface area contributed by atoms with Crippen molar-refractivity contribution in [2.24, 2.45) is 32.9 Å². The lowest BCUT2D eigenvalue weighted by Gasteiger charge is -2.39. The molecular formula is C40H68N10O16. The summed E-state index contributed by atoms with van der Waals surface area (Å²) in [6.07, 6.45) is 1.24. The number of amides is 4. The SMILES string of the molecule is CC(=O)N[C@H]1[C@H]([C@H](OC(=O)NCCCCCCCCCCCCCCNC(=O)O[C@@H]([C@@H]2OC(C(=O)O)=C[C@H](N=C(N)N)[C@H]2NC(C)=O)[C@H](O)CO)[C@H](O)CO)OC(C(=O)O)=C[C@@H]1N=C(N)N. The molecule has 2 heterocycles. The van der Waals surface area contributed by atoms with Crippen molar-refractivity contribution in [3.8, 4) is 0 Å². The monoisotopic (exact) mass is 944 g/mol. The van der Waals surface area contributed by atoms with E-state index in [1.54, 1.807) is 0 Å². The zero-order valence-corrected chi connectivity index (χ0v) is 37.2. The minimum Gasteiger partial charge on any atom is -0.477 e. The van der Waals surface area contributed by atoms with Gasteiger partial charge in [-0.05, 0) is 25.0 Å². The summed E-state index contributed by atoms with van der Waals surface area (Å²) in [7, 11) is 0. The standard InChI is InChI=1S/C40H68N10O16/c1-21(53)47-29-23(49-37(41)42)17-27(35(57)58)63-33(29)31(25(55)19-51)65-39(61)45-15-13-11-9-7-5-3-4-6-8-10-12-14-16-46-40(62)66-32(26(56)20-52)34-30(48-22(2)54)24(50-38(43)44)18-28(64-34)36(59)60/h17-18,23-26,29-34,51-52,55-56H,3-16,19-20H2,1-2H3,(H,45,61)(H,46,62)(H,47,53)(H,48,54)(H,57,58)(H,59,60)(H4,41,42,49)(H4,43,44,50)/t23-,24-,25+,26+,29+,30+,31+,32+,33+,34+/m0/s1. The largest absolute Gasteiger partial charge is 0.477 e. The minimum atomic E-state index is -1.73. The van der Waals surface area contributed by atoms with E-state index in [9.17, 15) is 59.4 Å². The quantitative estimate of drug-likeness (QED) is 0.0211. The van der Waals surface area contributed by atoms with Crippen LogP contribution in [0.1, 0.15) is 90.9 Å². The molecule has 0 aromatic carbocycles. The molecule has 26 heteroatoms. The summed E-state index contributed by atoms with van der Waals surface area (Å²) in [4.78, 5) is 81.0. The number of unbranched alkanes of at least 4 members (excludes halogenated alkanes) is 11. The number of rotatable bonds is 29. The van der Waals surface area contributed by atoms with E-state index in [1.807, 2.05) is 0 Å². The average Bonchev–Trinajstić information content (AvgIpc) is 3.24. The molecule has 0 fully saturated rings. The van der Waals surface area contributed by atoms with E-state index in [0.717, 1.165) is 76.4 Å². The number of aliphatic hydroxyl groups excluding tert-OH is 4. The molecule has 2 aliphatic heterocycles. The lowest BCUT2D eigenvalue weighted by molar-refractivity contribution is -0.147. The molecule has 0 saturated heterocycles. The third-order valence-electron chi connectivity index (χ3n) is 10.3. The fourth-order valence-electron chi connectivity index (χ4n) is 7.26. The Balaban J connectivity index is 1.68. The van der Waals surface area contributed by atoms with Crippen LogP contribution in [0.25, 0.3) is 0 Å². The van der Waals surface area contributed by atoms with Gasteiger partial charge in [0, 0.05) is 26.9 Å². The van der Waals surface area contributed by atoms with Gasteiger partial charge in [-0.1, -0.05) is 64.2 Å². The van der Waals surface area contributed by atoms with Gasteiger partial charge in [0.25, 0.3) is 0 Å². The highest BCUT2D eigenvalue weighted by atomic mass is 16.6. The summed E-state index contributed by atoms with van der Waals surface area (Å²) < 4.78 is 21.8. The van der Waals surface area contributed by atoms with Crippen LogP contribution in [0.3, 0.4) is 0 Å². The second kappa shape index (κ2) is 29.4. The topological polar surface area (TPSA) is 438 Å². The molecule has 0 saturated carbocycles. The van der Waals surface area contributed by atoms with Crippen molar-refractivity contribution in [2.45, 2.75) is 152 Å². The Kier molecular flexibility index (Phi) is 25.0. The first-order valence-electron chi connectivity index (χ1n) is 21.7. The number of carbonyl (C=O) groups is 6.